The molecule has 1 fully saturated rings. The highest BCUT2D eigenvalue weighted by atomic mass is 19.1. The van der Waals surface area contributed by atoms with Crippen LogP contribution in [-0.4, -0.2) is 64.1 Å². The van der Waals surface area contributed by atoms with Gasteiger partial charge >= 0.3 is 0 Å². The van der Waals surface area contributed by atoms with Gasteiger partial charge in [0.25, 0.3) is 0 Å². The number of likely N-dealkylation sites (tertiary alicyclic amines) is 1. The van der Waals surface area contributed by atoms with Gasteiger partial charge in [-0.15, -0.1) is 0 Å². The van der Waals surface area contributed by atoms with E-state index in [1.807, 2.05) is 0 Å². The molecule has 0 aliphatic carbocycles. The lowest BCUT2D eigenvalue weighted by molar-refractivity contribution is -0.106. The van der Waals surface area contributed by atoms with Gasteiger partial charge in [-0.05, 0) is 48.7 Å². The summed E-state index contributed by atoms with van der Waals surface area (Å²) in [6.45, 7) is 4.07. The summed E-state index contributed by atoms with van der Waals surface area (Å²) in [5.74, 6) is 0.885. The quantitative estimate of drug-likeness (QED) is 0.491. The van der Waals surface area contributed by atoms with Gasteiger partial charge in [-0.25, -0.2) is 4.39 Å². The van der Waals surface area contributed by atoms with Gasteiger partial charge in [0.2, 0.25) is 0 Å². The standard InChI is InChI=1S/C24H30FN3O2/c1-26(2)23-6-3-5-20-21-17-27(13-11-22(21)28(14-15-29)24(20)23)12-4-16-30-19-9-7-18(25)8-10-19/h3,5-10,15,21-22H,4,11-14,16-17H2,1-2H3. The first-order chi connectivity index (χ1) is 14.6. The predicted octanol–water partition coefficient (Wildman–Crippen LogP) is 3.54. The molecule has 2 aromatic rings. The number of carbonyl (C=O) groups excluding carboxylic acids is 1. The summed E-state index contributed by atoms with van der Waals surface area (Å²) in [6.07, 6.45) is 3.01. The number of ether oxygens (including phenoxy) is 1. The van der Waals surface area contributed by atoms with Crippen LogP contribution in [0.25, 0.3) is 0 Å². The van der Waals surface area contributed by atoms with E-state index in [1.165, 1.54) is 29.1 Å². The lowest BCUT2D eigenvalue weighted by Crippen LogP contribution is -2.47. The molecule has 4 rings (SSSR count). The maximum atomic E-state index is 13.0. The largest absolute Gasteiger partial charge is 0.494 e. The van der Waals surface area contributed by atoms with Crippen LogP contribution in [0.1, 0.15) is 24.3 Å². The van der Waals surface area contributed by atoms with Crippen molar-refractivity contribution < 1.29 is 13.9 Å². The number of benzene rings is 2. The van der Waals surface area contributed by atoms with E-state index in [4.69, 9.17) is 4.74 Å². The molecule has 5 nitrogen and oxygen atoms in total. The molecule has 0 aromatic heterocycles. The zero-order valence-corrected chi connectivity index (χ0v) is 17.8. The third kappa shape index (κ3) is 4.15. The van der Waals surface area contributed by atoms with Gasteiger partial charge in [0.05, 0.1) is 24.5 Å². The monoisotopic (exact) mass is 411 g/mol. The first-order valence-electron chi connectivity index (χ1n) is 10.7. The number of aldehydes is 1. The van der Waals surface area contributed by atoms with E-state index in [0.29, 0.717) is 30.9 Å². The molecule has 2 aromatic carbocycles. The van der Waals surface area contributed by atoms with E-state index in [0.717, 1.165) is 38.8 Å². The van der Waals surface area contributed by atoms with Crippen molar-refractivity contribution in [2.75, 3.05) is 56.7 Å². The first-order valence-corrected chi connectivity index (χ1v) is 10.7. The van der Waals surface area contributed by atoms with Crippen LogP contribution in [-0.2, 0) is 4.79 Å². The number of halogens is 1. The third-order valence-electron chi connectivity index (χ3n) is 6.25. The first kappa shape index (κ1) is 20.7. The average Bonchev–Trinajstić information content (AvgIpc) is 3.06. The van der Waals surface area contributed by atoms with Crippen molar-refractivity contribution in [2.45, 2.75) is 24.8 Å². The minimum atomic E-state index is -0.247. The Morgan fingerprint density at radius 3 is 2.73 bits per heavy atom. The zero-order chi connectivity index (χ0) is 21.1. The highest BCUT2D eigenvalue weighted by Gasteiger charge is 2.42. The molecule has 30 heavy (non-hydrogen) atoms. The highest BCUT2D eigenvalue weighted by molar-refractivity contribution is 5.81. The van der Waals surface area contributed by atoms with Gasteiger partial charge in [0.1, 0.15) is 17.9 Å². The van der Waals surface area contributed by atoms with E-state index in [9.17, 15) is 9.18 Å². The van der Waals surface area contributed by atoms with Gasteiger partial charge in [0.15, 0.2) is 0 Å². The number of para-hydroxylation sites is 1. The van der Waals surface area contributed by atoms with E-state index >= 15 is 0 Å². The number of nitrogens with zero attached hydrogens (tertiary/aromatic N) is 3. The Bertz CT molecular complexity index is 871. The third-order valence-corrected chi connectivity index (χ3v) is 6.25. The van der Waals surface area contributed by atoms with Crippen LogP contribution < -0.4 is 14.5 Å². The Morgan fingerprint density at radius 2 is 2.00 bits per heavy atom. The summed E-state index contributed by atoms with van der Waals surface area (Å²) in [4.78, 5) is 18.4. The summed E-state index contributed by atoms with van der Waals surface area (Å²) < 4.78 is 18.7. The number of anilines is 2. The number of hydrogen-bond donors (Lipinski definition) is 0. The molecule has 2 aliphatic heterocycles. The fourth-order valence-corrected chi connectivity index (χ4v) is 4.89. The number of carbonyl (C=O) groups is 1. The molecule has 2 heterocycles. The van der Waals surface area contributed by atoms with E-state index in [2.05, 4.69) is 47.0 Å². The van der Waals surface area contributed by atoms with Crippen LogP contribution in [0.2, 0.25) is 0 Å². The van der Waals surface area contributed by atoms with Crippen molar-refractivity contribution in [1.29, 1.82) is 0 Å². The summed E-state index contributed by atoms with van der Waals surface area (Å²) in [5.41, 5.74) is 3.77. The predicted molar refractivity (Wildman–Crippen MR) is 118 cm³/mol. The number of hydrogen-bond acceptors (Lipinski definition) is 5. The molecule has 0 spiro atoms. The minimum Gasteiger partial charge on any atom is -0.494 e. The average molecular weight is 412 g/mol. The molecular formula is C24H30FN3O2. The molecule has 2 aliphatic rings. The Kier molecular flexibility index (Phi) is 6.23. The Labute approximate surface area is 178 Å². The van der Waals surface area contributed by atoms with Crippen molar-refractivity contribution >= 4 is 17.7 Å². The molecule has 0 bridgehead atoms. The van der Waals surface area contributed by atoms with Crippen LogP contribution >= 0.6 is 0 Å². The minimum absolute atomic E-state index is 0.247. The van der Waals surface area contributed by atoms with E-state index in [-0.39, 0.29) is 5.82 Å². The fraction of sp³-hybridized carbons (Fsp3) is 0.458. The molecule has 0 radical (unpaired) electrons. The van der Waals surface area contributed by atoms with Crippen LogP contribution in [0.15, 0.2) is 42.5 Å². The van der Waals surface area contributed by atoms with Crippen LogP contribution in [0.5, 0.6) is 5.75 Å². The van der Waals surface area contributed by atoms with Gasteiger partial charge < -0.3 is 24.2 Å². The van der Waals surface area contributed by atoms with Crippen LogP contribution in [0, 0.1) is 5.82 Å². The van der Waals surface area contributed by atoms with Crippen molar-refractivity contribution in [1.82, 2.24) is 4.90 Å². The Morgan fingerprint density at radius 1 is 1.20 bits per heavy atom. The van der Waals surface area contributed by atoms with Crippen molar-refractivity contribution in [3.63, 3.8) is 0 Å². The Hall–Kier alpha value is -2.60. The molecule has 0 N–H and O–H groups in total. The second-order valence-electron chi connectivity index (χ2n) is 8.35. The van der Waals surface area contributed by atoms with Crippen LogP contribution in [0.3, 0.4) is 0 Å². The van der Waals surface area contributed by atoms with Crippen molar-refractivity contribution in [2.24, 2.45) is 0 Å². The molecule has 2 atom stereocenters. The van der Waals surface area contributed by atoms with Crippen molar-refractivity contribution in [3.05, 3.63) is 53.8 Å². The zero-order valence-electron chi connectivity index (χ0n) is 17.8. The van der Waals surface area contributed by atoms with Crippen molar-refractivity contribution in [3.8, 4) is 5.75 Å². The molecule has 6 heteroatoms. The molecule has 160 valence electrons. The second-order valence-corrected chi connectivity index (χ2v) is 8.35. The van der Waals surface area contributed by atoms with E-state index < -0.39 is 0 Å². The number of piperidine rings is 1. The van der Waals surface area contributed by atoms with E-state index in [1.54, 1.807) is 12.1 Å². The summed E-state index contributed by atoms with van der Waals surface area (Å²) >= 11 is 0. The lowest BCUT2D eigenvalue weighted by Gasteiger charge is -2.38. The summed E-state index contributed by atoms with van der Waals surface area (Å²) in [7, 11) is 4.12. The SMILES string of the molecule is CN(C)c1cccc2c1N(CC=O)C1CCN(CCCOc3ccc(F)cc3)CC21. The van der Waals surface area contributed by atoms with Gasteiger partial charge in [0, 0.05) is 45.7 Å². The summed E-state index contributed by atoms with van der Waals surface area (Å²) in [6, 6.07) is 13.1. The van der Waals surface area contributed by atoms with Gasteiger partial charge in [-0.3, -0.25) is 0 Å². The molecular weight excluding hydrogens is 381 g/mol. The van der Waals surface area contributed by atoms with Gasteiger partial charge in [-0.2, -0.15) is 0 Å². The fourth-order valence-electron chi connectivity index (χ4n) is 4.89. The normalized spacial score (nSPS) is 20.6. The smallest absolute Gasteiger partial charge is 0.139 e. The molecule has 1 saturated heterocycles. The maximum absolute atomic E-state index is 13.0. The number of rotatable bonds is 8. The van der Waals surface area contributed by atoms with Gasteiger partial charge in [-0.1, -0.05) is 12.1 Å². The maximum Gasteiger partial charge on any atom is 0.139 e. The lowest BCUT2D eigenvalue weighted by atomic mass is 9.89. The second kappa shape index (κ2) is 9.04. The topological polar surface area (TPSA) is 36.0 Å². The summed E-state index contributed by atoms with van der Waals surface area (Å²) in [5, 5.41) is 0. The molecule has 0 amide bonds. The molecule has 2 unspecified atom stereocenters. The Balaban J connectivity index is 1.39. The van der Waals surface area contributed by atoms with Crippen LogP contribution in [0.4, 0.5) is 15.8 Å². The molecule has 0 saturated carbocycles. The number of fused-ring (bicyclic) bond motifs is 3. The highest BCUT2D eigenvalue weighted by Crippen LogP contribution is 2.48.